The van der Waals surface area contributed by atoms with Crippen molar-refractivity contribution in [2.45, 2.75) is 26.2 Å². The second kappa shape index (κ2) is 7.44. The number of nitrogens with zero attached hydrogens (tertiary/aromatic N) is 1. The van der Waals surface area contributed by atoms with Crippen LogP contribution in [0.1, 0.15) is 36.5 Å². The number of rotatable bonds is 6. The summed E-state index contributed by atoms with van der Waals surface area (Å²) in [5, 5.41) is 0. The molecule has 0 fully saturated rings. The normalized spacial score (nSPS) is 10.8. The molecule has 0 saturated carbocycles. The van der Waals surface area contributed by atoms with Crippen molar-refractivity contribution in [3.63, 3.8) is 0 Å². The molecule has 0 amide bonds. The van der Waals surface area contributed by atoms with Gasteiger partial charge in [0.15, 0.2) is 0 Å². The molecule has 102 valence electrons. The molecule has 0 aliphatic heterocycles. The first-order chi connectivity index (χ1) is 9.79. The number of pyridine rings is 1. The van der Waals surface area contributed by atoms with Crippen molar-refractivity contribution < 1.29 is 0 Å². The van der Waals surface area contributed by atoms with Crippen LogP contribution >= 0.6 is 0 Å². The summed E-state index contributed by atoms with van der Waals surface area (Å²) in [5.74, 6) is 0. The average Bonchev–Trinajstić information content (AvgIpc) is 2.52. The Morgan fingerprint density at radius 2 is 1.80 bits per heavy atom. The van der Waals surface area contributed by atoms with Gasteiger partial charge in [-0.15, -0.1) is 0 Å². The molecule has 0 atom stereocenters. The first-order valence-corrected chi connectivity index (χ1v) is 7.13. The van der Waals surface area contributed by atoms with Crippen LogP contribution < -0.4 is 0 Å². The summed E-state index contributed by atoms with van der Waals surface area (Å²) in [6, 6.07) is 12.7. The van der Waals surface area contributed by atoms with Crippen LogP contribution in [0, 0.1) is 0 Å². The van der Waals surface area contributed by atoms with Crippen LogP contribution in [0.4, 0.5) is 0 Å². The van der Waals surface area contributed by atoms with Crippen LogP contribution in [0.15, 0.2) is 61.4 Å². The molecule has 2 aromatic rings. The zero-order valence-corrected chi connectivity index (χ0v) is 12.0. The van der Waals surface area contributed by atoms with E-state index in [1.807, 2.05) is 12.4 Å². The van der Waals surface area contributed by atoms with Gasteiger partial charge in [-0.25, -0.2) is 0 Å². The van der Waals surface area contributed by atoms with E-state index < -0.39 is 0 Å². The second-order valence-corrected chi connectivity index (χ2v) is 4.89. The standard InChI is InChI=1S/C19H21N/c1-3-4-5-17-8-10-19(11-9-17)16(2)6-7-18-12-14-20-15-13-18/h4-5,8-15H,2-3,6-7H2,1H3/b5-4+. The number of hydrogen-bond acceptors (Lipinski definition) is 1. The highest BCUT2D eigenvalue weighted by atomic mass is 14.6. The highest BCUT2D eigenvalue weighted by Crippen LogP contribution is 2.19. The molecule has 0 saturated heterocycles. The smallest absolute Gasteiger partial charge is 0.0270 e. The summed E-state index contributed by atoms with van der Waals surface area (Å²) in [7, 11) is 0. The summed E-state index contributed by atoms with van der Waals surface area (Å²) in [6.45, 7) is 6.34. The molecule has 1 heterocycles. The predicted octanol–water partition coefficient (Wildman–Crippen LogP) is 5.15. The third-order valence-electron chi connectivity index (χ3n) is 3.33. The summed E-state index contributed by atoms with van der Waals surface area (Å²) in [4.78, 5) is 4.04. The van der Waals surface area contributed by atoms with Gasteiger partial charge in [0.2, 0.25) is 0 Å². The van der Waals surface area contributed by atoms with Crippen molar-refractivity contribution in [1.29, 1.82) is 0 Å². The Morgan fingerprint density at radius 3 is 2.45 bits per heavy atom. The maximum Gasteiger partial charge on any atom is 0.0270 e. The van der Waals surface area contributed by atoms with E-state index in [0.717, 1.165) is 19.3 Å². The zero-order valence-electron chi connectivity index (χ0n) is 12.0. The molecule has 1 aromatic carbocycles. The topological polar surface area (TPSA) is 12.9 Å². The van der Waals surface area contributed by atoms with E-state index in [-0.39, 0.29) is 0 Å². The van der Waals surface area contributed by atoms with Crippen LogP contribution in [0.5, 0.6) is 0 Å². The first-order valence-electron chi connectivity index (χ1n) is 7.13. The Morgan fingerprint density at radius 1 is 1.10 bits per heavy atom. The minimum absolute atomic E-state index is 0.980. The van der Waals surface area contributed by atoms with Crippen molar-refractivity contribution >= 4 is 11.6 Å². The van der Waals surface area contributed by atoms with Crippen molar-refractivity contribution in [3.8, 4) is 0 Å². The number of aryl methyl sites for hydroxylation is 1. The van der Waals surface area contributed by atoms with E-state index in [0.29, 0.717) is 0 Å². The Balaban J connectivity index is 1.94. The fourth-order valence-electron chi connectivity index (χ4n) is 2.07. The SMILES string of the molecule is C=C(CCc1ccncc1)c1ccc(/C=C/CC)cc1. The van der Waals surface area contributed by atoms with Crippen molar-refractivity contribution in [2.75, 3.05) is 0 Å². The van der Waals surface area contributed by atoms with Gasteiger partial charge in [0.25, 0.3) is 0 Å². The van der Waals surface area contributed by atoms with Crippen molar-refractivity contribution in [1.82, 2.24) is 4.98 Å². The number of aromatic nitrogens is 1. The Labute approximate surface area is 121 Å². The summed E-state index contributed by atoms with van der Waals surface area (Å²) in [5.41, 5.74) is 4.97. The number of allylic oxidation sites excluding steroid dienone is 2. The second-order valence-electron chi connectivity index (χ2n) is 4.89. The highest BCUT2D eigenvalue weighted by Gasteiger charge is 2.00. The maximum atomic E-state index is 4.20. The Kier molecular flexibility index (Phi) is 5.31. The van der Waals surface area contributed by atoms with Gasteiger partial charge in [-0.1, -0.05) is 49.9 Å². The van der Waals surface area contributed by atoms with Gasteiger partial charge >= 0.3 is 0 Å². The fraction of sp³-hybridized carbons (Fsp3) is 0.211. The van der Waals surface area contributed by atoms with Gasteiger partial charge in [0.05, 0.1) is 0 Å². The highest BCUT2D eigenvalue weighted by molar-refractivity contribution is 5.65. The molecular formula is C19H21N. The maximum absolute atomic E-state index is 4.20. The Hall–Kier alpha value is -2.15. The zero-order chi connectivity index (χ0) is 14.2. The molecule has 1 heteroatoms. The van der Waals surface area contributed by atoms with Crippen LogP contribution in [0.25, 0.3) is 11.6 Å². The molecule has 1 aromatic heterocycles. The molecule has 0 spiro atoms. The van der Waals surface area contributed by atoms with Crippen LogP contribution in [-0.2, 0) is 6.42 Å². The predicted molar refractivity (Wildman–Crippen MR) is 87.4 cm³/mol. The van der Waals surface area contributed by atoms with E-state index >= 15 is 0 Å². The van der Waals surface area contributed by atoms with Crippen LogP contribution in [-0.4, -0.2) is 4.98 Å². The molecular weight excluding hydrogens is 242 g/mol. The summed E-state index contributed by atoms with van der Waals surface area (Å²) in [6.07, 6.45) is 11.1. The molecule has 2 rings (SSSR count). The Bertz CT molecular complexity index is 564. The van der Waals surface area contributed by atoms with Gasteiger partial charge in [-0.2, -0.15) is 0 Å². The van der Waals surface area contributed by atoms with E-state index in [1.54, 1.807) is 0 Å². The molecule has 0 radical (unpaired) electrons. The lowest BCUT2D eigenvalue weighted by atomic mass is 9.99. The summed E-state index contributed by atoms with van der Waals surface area (Å²) < 4.78 is 0. The van der Waals surface area contributed by atoms with Crippen LogP contribution in [0.2, 0.25) is 0 Å². The van der Waals surface area contributed by atoms with Gasteiger partial charge in [0, 0.05) is 12.4 Å². The monoisotopic (exact) mass is 263 g/mol. The molecule has 1 nitrogen and oxygen atoms in total. The minimum atomic E-state index is 0.980. The lowest BCUT2D eigenvalue weighted by molar-refractivity contribution is 1.01. The van der Waals surface area contributed by atoms with E-state index in [4.69, 9.17) is 0 Å². The molecule has 0 N–H and O–H groups in total. The quantitative estimate of drug-likeness (QED) is 0.702. The molecule has 0 aliphatic rings. The molecule has 0 bridgehead atoms. The van der Waals surface area contributed by atoms with E-state index in [9.17, 15) is 0 Å². The van der Waals surface area contributed by atoms with Crippen LogP contribution in [0.3, 0.4) is 0 Å². The van der Waals surface area contributed by atoms with Gasteiger partial charge < -0.3 is 0 Å². The van der Waals surface area contributed by atoms with Gasteiger partial charge in [-0.05, 0) is 53.7 Å². The number of hydrogen-bond donors (Lipinski definition) is 0. The van der Waals surface area contributed by atoms with E-state index in [1.165, 1.54) is 22.3 Å². The summed E-state index contributed by atoms with van der Waals surface area (Å²) >= 11 is 0. The largest absolute Gasteiger partial charge is 0.265 e. The van der Waals surface area contributed by atoms with Crippen molar-refractivity contribution in [3.05, 3.63) is 78.1 Å². The van der Waals surface area contributed by atoms with Gasteiger partial charge in [0.1, 0.15) is 0 Å². The van der Waals surface area contributed by atoms with Crippen molar-refractivity contribution in [2.24, 2.45) is 0 Å². The first kappa shape index (κ1) is 14.3. The third-order valence-corrected chi connectivity index (χ3v) is 3.33. The van der Waals surface area contributed by atoms with E-state index in [2.05, 4.69) is 67.0 Å². The average molecular weight is 263 g/mol. The number of benzene rings is 1. The lowest BCUT2D eigenvalue weighted by Gasteiger charge is -2.06. The molecule has 0 unspecified atom stereocenters. The fourth-order valence-corrected chi connectivity index (χ4v) is 2.07. The van der Waals surface area contributed by atoms with Gasteiger partial charge in [-0.3, -0.25) is 4.98 Å². The third kappa shape index (κ3) is 4.20. The lowest BCUT2D eigenvalue weighted by Crippen LogP contribution is -1.89. The molecule has 20 heavy (non-hydrogen) atoms. The molecule has 0 aliphatic carbocycles. The minimum Gasteiger partial charge on any atom is -0.265 e.